The second-order valence-corrected chi connectivity index (χ2v) is 2.88. The van der Waals surface area contributed by atoms with Gasteiger partial charge in [-0.2, -0.15) is 4.39 Å². The van der Waals surface area contributed by atoms with Crippen molar-refractivity contribution in [1.29, 1.82) is 0 Å². The predicted octanol–water partition coefficient (Wildman–Crippen LogP) is 1.20. The normalized spacial score (nSPS) is 10.9. The van der Waals surface area contributed by atoms with E-state index in [0.29, 0.717) is 12.2 Å². The predicted molar refractivity (Wildman–Crippen MR) is 48.8 cm³/mol. The van der Waals surface area contributed by atoms with Gasteiger partial charge in [0.05, 0.1) is 0 Å². The van der Waals surface area contributed by atoms with E-state index in [0.717, 1.165) is 17.4 Å². The van der Waals surface area contributed by atoms with E-state index in [2.05, 4.69) is 9.97 Å². The Labute approximate surface area is 74.8 Å². The van der Waals surface area contributed by atoms with E-state index in [4.69, 9.17) is 5.73 Å². The first kappa shape index (κ1) is 8.19. The largest absolute Gasteiger partial charge is 0.346 e. The number of aromatic amines is 1. The molecule has 2 heterocycles. The molecule has 3 nitrogen and oxygen atoms in total. The number of pyridine rings is 1. The number of hydrogen-bond acceptors (Lipinski definition) is 2. The van der Waals surface area contributed by atoms with Crippen LogP contribution in [-0.4, -0.2) is 16.5 Å². The fourth-order valence-corrected chi connectivity index (χ4v) is 1.40. The molecule has 2 aromatic rings. The van der Waals surface area contributed by atoms with Crippen LogP contribution >= 0.6 is 0 Å². The molecule has 68 valence electrons. The van der Waals surface area contributed by atoms with Crippen molar-refractivity contribution in [1.82, 2.24) is 9.97 Å². The smallest absolute Gasteiger partial charge is 0.214 e. The van der Waals surface area contributed by atoms with Gasteiger partial charge in [-0.1, -0.05) is 0 Å². The van der Waals surface area contributed by atoms with Gasteiger partial charge in [-0.25, -0.2) is 4.98 Å². The van der Waals surface area contributed by atoms with Crippen LogP contribution < -0.4 is 5.73 Å². The summed E-state index contributed by atoms with van der Waals surface area (Å²) in [6.07, 6.45) is 2.61. The number of aromatic nitrogens is 2. The molecule has 13 heavy (non-hydrogen) atoms. The standard InChI is InChI=1S/C9H10FN3/c10-8-2-1-7-6(3-4-11)5-12-9(7)13-8/h1-2,5H,3-4,11H2,(H,12,13). The lowest BCUT2D eigenvalue weighted by Gasteiger charge is -1.94. The van der Waals surface area contributed by atoms with Crippen molar-refractivity contribution < 1.29 is 4.39 Å². The van der Waals surface area contributed by atoms with Crippen LogP contribution in [0.15, 0.2) is 18.3 Å². The quantitative estimate of drug-likeness (QED) is 0.680. The number of nitrogens with one attached hydrogen (secondary N) is 1. The van der Waals surface area contributed by atoms with Gasteiger partial charge >= 0.3 is 0 Å². The molecule has 0 spiro atoms. The fourth-order valence-electron chi connectivity index (χ4n) is 1.40. The minimum absolute atomic E-state index is 0.464. The summed E-state index contributed by atoms with van der Waals surface area (Å²) in [5.41, 5.74) is 7.11. The summed E-state index contributed by atoms with van der Waals surface area (Å²) in [7, 11) is 0. The van der Waals surface area contributed by atoms with E-state index in [-0.39, 0.29) is 0 Å². The Morgan fingerprint density at radius 2 is 2.31 bits per heavy atom. The second-order valence-electron chi connectivity index (χ2n) is 2.88. The van der Waals surface area contributed by atoms with Gasteiger partial charge in [-0.05, 0) is 30.7 Å². The molecule has 0 amide bonds. The zero-order valence-corrected chi connectivity index (χ0v) is 7.05. The molecule has 0 atom stereocenters. The van der Waals surface area contributed by atoms with Crippen LogP contribution in [-0.2, 0) is 6.42 Å². The number of fused-ring (bicyclic) bond motifs is 1. The molecule has 0 fully saturated rings. The lowest BCUT2D eigenvalue weighted by Crippen LogP contribution is -2.01. The van der Waals surface area contributed by atoms with E-state index >= 15 is 0 Å². The molecular formula is C9H10FN3. The van der Waals surface area contributed by atoms with Gasteiger partial charge in [-0.3, -0.25) is 0 Å². The third-order valence-electron chi connectivity index (χ3n) is 2.00. The Kier molecular flexibility index (Phi) is 1.98. The number of nitrogens with two attached hydrogens (primary N) is 1. The van der Waals surface area contributed by atoms with Crippen molar-refractivity contribution >= 4 is 11.0 Å². The molecule has 0 aliphatic carbocycles. The SMILES string of the molecule is NCCc1c[nH]c2nc(F)ccc12. The third-order valence-corrected chi connectivity index (χ3v) is 2.00. The van der Waals surface area contributed by atoms with Crippen LogP contribution in [0.25, 0.3) is 11.0 Å². The van der Waals surface area contributed by atoms with Crippen LogP contribution in [0.2, 0.25) is 0 Å². The molecule has 0 radical (unpaired) electrons. The summed E-state index contributed by atoms with van der Waals surface area (Å²) >= 11 is 0. The summed E-state index contributed by atoms with van der Waals surface area (Å²) in [5, 5.41) is 0.951. The molecule has 3 N–H and O–H groups in total. The average Bonchev–Trinajstić information content (AvgIpc) is 2.49. The zero-order valence-electron chi connectivity index (χ0n) is 7.05. The monoisotopic (exact) mass is 179 g/mol. The number of nitrogens with zero attached hydrogens (tertiary/aromatic N) is 1. The first-order valence-electron chi connectivity index (χ1n) is 4.14. The molecule has 0 saturated heterocycles. The highest BCUT2D eigenvalue weighted by Crippen LogP contribution is 2.16. The van der Waals surface area contributed by atoms with E-state index in [9.17, 15) is 4.39 Å². The number of hydrogen-bond donors (Lipinski definition) is 2. The number of H-pyrrole nitrogens is 1. The maximum Gasteiger partial charge on any atom is 0.214 e. The Bertz CT molecular complexity index is 422. The fraction of sp³-hybridized carbons (Fsp3) is 0.222. The first-order valence-corrected chi connectivity index (χ1v) is 4.14. The molecule has 2 rings (SSSR count). The highest BCUT2D eigenvalue weighted by molar-refractivity contribution is 5.79. The molecule has 0 aromatic carbocycles. The Hall–Kier alpha value is -1.42. The molecule has 0 unspecified atom stereocenters. The summed E-state index contributed by atoms with van der Waals surface area (Å²) in [6.45, 7) is 0.588. The maximum atomic E-state index is 12.7. The summed E-state index contributed by atoms with van der Waals surface area (Å²) in [5.74, 6) is -0.464. The average molecular weight is 179 g/mol. The lowest BCUT2D eigenvalue weighted by atomic mass is 10.1. The van der Waals surface area contributed by atoms with Crippen molar-refractivity contribution in [2.24, 2.45) is 5.73 Å². The van der Waals surface area contributed by atoms with Gasteiger partial charge in [0, 0.05) is 11.6 Å². The highest BCUT2D eigenvalue weighted by atomic mass is 19.1. The highest BCUT2D eigenvalue weighted by Gasteiger charge is 2.04. The summed E-state index contributed by atoms with van der Waals surface area (Å²) in [4.78, 5) is 6.62. The van der Waals surface area contributed by atoms with E-state index in [1.807, 2.05) is 6.20 Å². The number of halogens is 1. The maximum absolute atomic E-state index is 12.7. The van der Waals surface area contributed by atoms with Crippen LogP contribution in [0, 0.1) is 5.95 Å². The van der Waals surface area contributed by atoms with Crippen molar-refractivity contribution in [3.63, 3.8) is 0 Å². The number of rotatable bonds is 2. The minimum atomic E-state index is -0.464. The van der Waals surface area contributed by atoms with Crippen LogP contribution in [0.5, 0.6) is 0 Å². The third kappa shape index (κ3) is 1.40. The van der Waals surface area contributed by atoms with Gasteiger partial charge in [0.25, 0.3) is 0 Å². The van der Waals surface area contributed by atoms with E-state index in [1.165, 1.54) is 6.07 Å². The second kappa shape index (κ2) is 3.14. The molecular weight excluding hydrogens is 169 g/mol. The minimum Gasteiger partial charge on any atom is -0.346 e. The van der Waals surface area contributed by atoms with Crippen LogP contribution in [0.3, 0.4) is 0 Å². The Balaban J connectivity index is 2.55. The van der Waals surface area contributed by atoms with Crippen molar-refractivity contribution in [3.05, 3.63) is 29.8 Å². The molecule has 0 aliphatic rings. The van der Waals surface area contributed by atoms with Crippen molar-refractivity contribution in [3.8, 4) is 0 Å². The van der Waals surface area contributed by atoms with Crippen molar-refractivity contribution in [2.75, 3.05) is 6.54 Å². The van der Waals surface area contributed by atoms with Crippen LogP contribution in [0.4, 0.5) is 4.39 Å². The lowest BCUT2D eigenvalue weighted by molar-refractivity contribution is 0.588. The topological polar surface area (TPSA) is 54.7 Å². The first-order chi connectivity index (χ1) is 6.31. The van der Waals surface area contributed by atoms with Gasteiger partial charge < -0.3 is 10.7 Å². The molecule has 0 saturated carbocycles. The Morgan fingerprint density at radius 1 is 1.46 bits per heavy atom. The van der Waals surface area contributed by atoms with E-state index in [1.54, 1.807) is 6.07 Å². The van der Waals surface area contributed by atoms with Gasteiger partial charge in [0.1, 0.15) is 5.65 Å². The summed E-state index contributed by atoms with van der Waals surface area (Å²) in [6, 6.07) is 3.08. The van der Waals surface area contributed by atoms with Gasteiger partial charge in [0.15, 0.2) is 0 Å². The van der Waals surface area contributed by atoms with Gasteiger partial charge in [-0.15, -0.1) is 0 Å². The summed E-state index contributed by atoms with van der Waals surface area (Å²) < 4.78 is 12.7. The molecule has 0 aliphatic heterocycles. The van der Waals surface area contributed by atoms with Crippen LogP contribution in [0.1, 0.15) is 5.56 Å². The Morgan fingerprint density at radius 3 is 3.08 bits per heavy atom. The molecule has 0 bridgehead atoms. The molecule has 2 aromatic heterocycles. The zero-order chi connectivity index (χ0) is 9.26. The molecule has 4 heteroatoms. The van der Waals surface area contributed by atoms with Gasteiger partial charge in [0.2, 0.25) is 5.95 Å². The van der Waals surface area contributed by atoms with Crippen molar-refractivity contribution in [2.45, 2.75) is 6.42 Å². The van der Waals surface area contributed by atoms with E-state index < -0.39 is 5.95 Å².